The summed E-state index contributed by atoms with van der Waals surface area (Å²) in [4.78, 5) is 10.5. The zero-order valence-electron chi connectivity index (χ0n) is 9.76. The van der Waals surface area contributed by atoms with Gasteiger partial charge in [-0.05, 0) is 18.2 Å². The molecule has 0 fully saturated rings. The average Bonchev–Trinajstić information content (AvgIpc) is 2.75. The first-order valence-corrected chi connectivity index (χ1v) is 5.69. The van der Waals surface area contributed by atoms with Crippen LogP contribution in [0.25, 0.3) is 0 Å². The smallest absolute Gasteiger partial charge is 0.439 e. The molecule has 0 aliphatic carbocycles. The van der Waals surface area contributed by atoms with E-state index in [2.05, 4.69) is 9.47 Å². The Bertz CT molecular complexity index is 570. The summed E-state index contributed by atoms with van der Waals surface area (Å²) in [6.45, 7) is 0. The number of rotatable bonds is 2. The summed E-state index contributed by atoms with van der Waals surface area (Å²) in [6, 6.07) is 2.79. The predicted molar refractivity (Wildman–Crippen MR) is 57.6 cm³/mol. The first-order valence-electron chi connectivity index (χ1n) is 5.26. The molecule has 116 valence electrons. The highest BCUT2D eigenvalue weighted by Gasteiger charge is 2.74. The molecule has 2 rings (SSSR count). The van der Waals surface area contributed by atoms with Gasteiger partial charge < -0.3 is 9.47 Å². The summed E-state index contributed by atoms with van der Waals surface area (Å²) in [5.41, 5.74) is -0.0894. The van der Waals surface area contributed by atoms with Crippen LogP contribution < -0.4 is 9.47 Å². The van der Waals surface area contributed by atoms with E-state index in [-0.39, 0.29) is 5.56 Å². The lowest BCUT2D eigenvalue weighted by molar-refractivity contribution is -0.334. The molecule has 0 spiro atoms. The van der Waals surface area contributed by atoms with Gasteiger partial charge in [-0.3, -0.25) is 4.79 Å². The molecular formula is C11H5ClF6O3. The molecule has 0 aromatic heterocycles. The molecule has 1 aliphatic rings. The van der Waals surface area contributed by atoms with Gasteiger partial charge in [-0.25, -0.2) is 0 Å². The standard InChI is InChI=1S/C11H5ClF6O3/c12-8(10(13,14)15)9(11(16,17)18)20-6-2-1-5(4-19)3-7(6)21-9/h1-4,8H. The molecule has 0 radical (unpaired) electrons. The number of halogens is 7. The zero-order chi connectivity index (χ0) is 16.1. The van der Waals surface area contributed by atoms with Crippen molar-refractivity contribution in [2.75, 3.05) is 0 Å². The van der Waals surface area contributed by atoms with Crippen LogP contribution in [0, 0.1) is 0 Å². The molecule has 0 amide bonds. The molecule has 1 heterocycles. The second kappa shape index (κ2) is 4.69. The Balaban J connectivity index is 2.50. The van der Waals surface area contributed by atoms with E-state index >= 15 is 0 Å². The number of carbonyl (C=O) groups is 1. The van der Waals surface area contributed by atoms with Gasteiger partial charge in [-0.15, -0.1) is 11.6 Å². The minimum Gasteiger partial charge on any atom is -0.439 e. The van der Waals surface area contributed by atoms with E-state index in [4.69, 9.17) is 11.6 Å². The maximum Gasteiger partial charge on any atom is 0.470 e. The molecular weight excluding hydrogens is 330 g/mol. The highest BCUT2D eigenvalue weighted by Crippen LogP contribution is 2.52. The fraction of sp³-hybridized carbons (Fsp3) is 0.364. The average molecular weight is 335 g/mol. The van der Waals surface area contributed by atoms with Gasteiger partial charge in [-0.1, -0.05) is 0 Å². The quantitative estimate of drug-likeness (QED) is 0.470. The van der Waals surface area contributed by atoms with Crippen LogP contribution in [-0.2, 0) is 0 Å². The van der Waals surface area contributed by atoms with Crippen LogP contribution in [-0.4, -0.2) is 29.8 Å². The Morgan fingerprint density at radius 3 is 2.14 bits per heavy atom. The largest absolute Gasteiger partial charge is 0.470 e. The number of hydrogen-bond acceptors (Lipinski definition) is 3. The van der Waals surface area contributed by atoms with Crippen molar-refractivity contribution in [2.45, 2.75) is 23.5 Å². The predicted octanol–water partition coefficient (Wildman–Crippen LogP) is 3.70. The summed E-state index contributed by atoms with van der Waals surface area (Å²) in [7, 11) is 0. The third-order valence-electron chi connectivity index (χ3n) is 2.64. The van der Waals surface area contributed by atoms with E-state index in [9.17, 15) is 31.1 Å². The monoisotopic (exact) mass is 334 g/mol. The van der Waals surface area contributed by atoms with Gasteiger partial charge in [0.05, 0.1) is 0 Å². The molecule has 1 aromatic rings. The Morgan fingerprint density at radius 2 is 1.67 bits per heavy atom. The molecule has 0 N–H and O–H groups in total. The number of carbonyl (C=O) groups excluding carboxylic acids is 1. The van der Waals surface area contributed by atoms with Gasteiger partial charge in [0.25, 0.3) is 0 Å². The Kier molecular flexibility index (Phi) is 3.51. The van der Waals surface area contributed by atoms with Gasteiger partial charge in [0, 0.05) is 5.56 Å². The first-order chi connectivity index (χ1) is 9.51. The van der Waals surface area contributed by atoms with Gasteiger partial charge in [0.1, 0.15) is 6.29 Å². The van der Waals surface area contributed by atoms with Crippen LogP contribution in [0.4, 0.5) is 26.3 Å². The van der Waals surface area contributed by atoms with Crippen molar-refractivity contribution in [1.29, 1.82) is 0 Å². The molecule has 2 atom stereocenters. The van der Waals surface area contributed by atoms with Gasteiger partial charge in [-0.2, -0.15) is 26.3 Å². The van der Waals surface area contributed by atoms with E-state index in [1.807, 2.05) is 0 Å². The van der Waals surface area contributed by atoms with Crippen molar-refractivity contribution in [3.8, 4) is 11.5 Å². The SMILES string of the molecule is O=Cc1ccc2c(c1)OC(C(Cl)C(F)(F)F)(C(F)(F)F)O2. The van der Waals surface area contributed by atoms with Crippen LogP contribution in [0.2, 0.25) is 0 Å². The highest BCUT2D eigenvalue weighted by atomic mass is 35.5. The van der Waals surface area contributed by atoms with Crippen molar-refractivity contribution in [3.63, 3.8) is 0 Å². The molecule has 2 unspecified atom stereocenters. The summed E-state index contributed by atoms with van der Waals surface area (Å²) >= 11 is 4.90. The third-order valence-corrected chi connectivity index (χ3v) is 3.18. The summed E-state index contributed by atoms with van der Waals surface area (Å²) in [5, 5.41) is -3.49. The zero-order valence-corrected chi connectivity index (χ0v) is 10.5. The topological polar surface area (TPSA) is 35.5 Å². The Hall–Kier alpha value is -1.64. The van der Waals surface area contributed by atoms with E-state index in [0.29, 0.717) is 6.29 Å². The molecule has 0 saturated carbocycles. The fourth-order valence-corrected chi connectivity index (χ4v) is 1.90. The lowest BCUT2D eigenvalue weighted by atomic mass is 10.1. The van der Waals surface area contributed by atoms with E-state index < -0.39 is 35.0 Å². The fourth-order valence-electron chi connectivity index (χ4n) is 1.69. The normalized spacial score (nSPS) is 23.0. The Morgan fingerprint density at radius 1 is 1.10 bits per heavy atom. The second-order valence-corrected chi connectivity index (χ2v) is 4.53. The highest BCUT2D eigenvalue weighted by molar-refractivity contribution is 6.22. The van der Waals surface area contributed by atoms with E-state index in [1.165, 1.54) is 0 Å². The second-order valence-electron chi connectivity index (χ2n) is 4.10. The number of alkyl halides is 7. The number of benzene rings is 1. The summed E-state index contributed by atoms with van der Waals surface area (Å²) < 4.78 is 85.6. The molecule has 10 heteroatoms. The van der Waals surface area contributed by atoms with Crippen LogP contribution in [0.1, 0.15) is 10.4 Å². The molecule has 0 bridgehead atoms. The molecule has 21 heavy (non-hydrogen) atoms. The molecule has 1 aliphatic heterocycles. The number of hydrogen-bond donors (Lipinski definition) is 0. The third kappa shape index (κ3) is 2.50. The number of ether oxygens (including phenoxy) is 2. The molecule has 1 aromatic carbocycles. The van der Waals surface area contributed by atoms with Crippen LogP contribution in [0.3, 0.4) is 0 Å². The van der Waals surface area contributed by atoms with E-state index in [1.54, 1.807) is 0 Å². The summed E-state index contributed by atoms with van der Waals surface area (Å²) in [5.74, 6) is -5.34. The van der Waals surface area contributed by atoms with Crippen LogP contribution >= 0.6 is 11.6 Å². The maximum absolute atomic E-state index is 13.0. The first kappa shape index (κ1) is 15.7. The van der Waals surface area contributed by atoms with Crippen LogP contribution in [0.5, 0.6) is 11.5 Å². The molecule has 0 saturated heterocycles. The summed E-state index contributed by atoms with van der Waals surface area (Å²) in [6.07, 6.45) is -10.7. The Labute approximate surface area is 118 Å². The number of fused-ring (bicyclic) bond motifs is 1. The maximum atomic E-state index is 13.0. The van der Waals surface area contributed by atoms with Crippen LogP contribution in [0.15, 0.2) is 18.2 Å². The van der Waals surface area contributed by atoms with Crippen molar-refractivity contribution < 1.29 is 40.6 Å². The lowest BCUT2D eigenvalue weighted by Gasteiger charge is -2.33. The van der Waals surface area contributed by atoms with Gasteiger partial charge in [0.15, 0.2) is 11.5 Å². The number of aldehydes is 1. The van der Waals surface area contributed by atoms with Crippen molar-refractivity contribution in [1.82, 2.24) is 0 Å². The van der Waals surface area contributed by atoms with Crippen molar-refractivity contribution >= 4 is 17.9 Å². The van der Waals surface area contributed by atoms with Crippen molar-refractivity contribution in [3.05, 3.63) is 23.8 Å². The van der Waals surface area contributed by atoms with Crippen molar-refractivity contribution in [2.24, 2.45) is 0 Å². The van der Waals surface area contributed by atoms with E-state index in [0.717, 1.165) is 18.2 Å². The minimum absolute atomic E-state index is 0.0894. The van der Waals surface area contributed by atoms with Gasteiger partial charge in [0.2, 0.25) is 5.38 Å². The van der Waals surface area contributed by atoms with Gasteiger partial charge >= 0.3 is 18.1 Å². The molecule has 3 nitrogen and oxygen atoms in total. The minimum atomic E-state index is -5.56. The lowest BCUT2D eigenvalue weighted by Crippen LogP contribution is -2.63.